The third kappa shape index (κ3) is 7.14. The summed E-state index contributed by atoms with van der Waals surface area (Å²) in [6.07, 6.45) is 3.18. The third-order valence-corrected chi connectivity index (χ3v) is 6.43. The van der Waals surface area contributed by atoms with Crippen molar-refractivity contribution in [2.75, 3.05) is 6.61 Å². The smallest absolute Gasteiger partial charge is 0.349 e. The minimum absolute atomic E-state index is 0.122. The molecule has 0 aliphatic carbocycles. The summed E-state index contributed by atoms with van der Waals surface area (Å²) in [5.74, 6) is 0.985. The van der Waals surface area contributed by atoms with Crippen molar-refractivity contribution >= 4 is 29.2 Å². The lowest BCUT2D eigenvalue weighted by Gasteiger charge is -2.24. The largest absolute Gasteiger partial charge is 0.476 e. The van der Waals surface area contributed by atoms with Crippen molar-refractivity contribution in [3.8, 4) is 5.75 Å². The van der Waals surface area contributed by atoms with Crippen molar-refractivity contribution in [1.29, 1.82) is 0 Å². The molecule has 1 aromatic heterocycles. The molecule has 0 N–H and O–H groups in total. The van der Waals surface area contributed by atoms with Crippen LogP contribution in [0.25, 0.3) is 0 Å². The molecule has 0 atom stereocenters. The Morgan fingerprint density at radius 3 is 2.33 bits per heavy atom. The van der Waals surface area contributed by atoms with Gasteiger partial charge in [-0.2, -0.15) is 5.10 Å². The molecule has 0 saturated heterocycles. The molecule has 36 heavy (non-hydrogen) atoms. The first-order chi connectivity index (χ1) is 17.1. The molecule has 9 heteroatoms. The van der Waals surface area contributed by atoms with Crippen LogP contribution in [0.1, 0.15) is 57.5 Å². The van der Waals surface area contributed by atoms with Gasteiger partial charge in [0.15, 0.2) is 5.60 Å². The second-order valence-corrected chi connectivity index (χ2v) is 9.90. The summed E-state index contributed by atoms with van der Waals surface area (Å²) in [4.78, 5) is 25.0. The zero-order valence-electron chi connectivity index (χ0n) is 21.2. The van der Waals surface area contributed by atoms with Crippen LogP contribution in [0.5, 0.6) is 5.75 Å². The summed E-state index contributed by atoms with van der Waals surface area (Å²) in [6.45, 7) is 8.46. The molecule has 0 fully saturated rings. The van der Waals surface area contributed by atoms with Crippen molar-refractivity contribution in [2.45, 2.75) is 72.1 Å². The molecule has 0 aliphatic rings. The number of aryl methyl sites for hydroxylation is 2. The number of carbonyl (C=O) groups excluding carboxylic acids is 1. The van der Waals surface area contributed by atoms with E-state index in [0.29, 0.717) is 41.9 Å². The first-order valence-corrected chi connectivity index (χ1v) is 13.0. The molecule has 3 aromatic rings. The van der Waals surface area contributed by atoms with Crippen LogP contribution in [0.3, 0.4) is 0 Å². The number of ether oxygens (including phenoxy) is 2. The number of rotatable bonds is 12. The molecular formula is C27H33Cl2N3O4. The van der Waals surface area contributed by atoms with Gasteiger partial charge in [0, 0.05) is 13.0 Å². The highest BCUT2D eigenvalue weighted by Gasteiger charge is 2.31. The maximum atomic E-state index is 13.0. The Labute approximate surface area is 221 Å². The molecule has 0 amide bonds. The number of hydrogen-bond donors (Lipinski definition) is 0. The highest BCUT2D eigenvalue weighted by atomic mass is 35.5. The van der Waals surface area contributed by atoms with E-state index >= 15 is 0 Å². The van der Waals surface area contributed by atoms with Gasteiger partial charge in [-0.15, -0.1) is 0 Å². The number of nitrogens with zero attached hydrogens (tertiary/aromatic N) is 3. The van der Waals surface area contributed by atoms with Gasteiger partial charge >= 0.3 is 11.7 Å². The number of esters is 1. The van der Waals surface area contributed by atoms with Crippen LogP contribution in [0, 0.1) is 0 Å². The first kappa shape index (κ1) is 27.8. The van der Waals surface area contributed by atoms with Gasteiger partial charge < -0.3 is 9.47 Å². The van der Waals surface area contributed by atoms with Crippen molar-refractivity contribution in [3.05, 3.63) is 79.9 Å². The lowest BCUT2D eigenvalue weighted by Crippen LogP contribution is -2.39. The molecule has 0 aliphatic heterocycles. The molecule has 1 heterocycles. The van der Waals surface area contributed by atoms with Crippen LogP contribution in [0.2, 0.25) is 10.0 Å². The van der Waals surface area contributed by atoms with Crippen LogP contribution >= 0.6 is 23.2 Å². The number of hydrogen-bond acceptors (Lipinski definition) is 5. The van der Waals surface area contributed by atoms with E-state index in [9.17, 15) is 9.59 Å². The van der Waals surface area contributed by atoms with E-state index in [4.69, 9.17) is 32.7 Å². The number of aromatic nitrogens is 3. The van der Waals surface area contributed by atoms with Gasteiger partial charge in [-0.3, -0.25) is 4.57 Å². The lowest BCUT2D eigenvalue weighted by atomic mass is 10.1. The second-order valence-electron chi connectivity index (χ2n) is 9.09. The van der Waals surface area contributed by atoms with Gasteiger partial charge in [0.1, 0.15) is 11.6 Å². The van der Waals surface area contributed by atoms with E-state index in [1.54, 1.807) is 37.5 Å². The molecule has 3 rings (SSSR count). The zero-order valence-corrected chi connectivity index (χ0v) is 22.7. The SMILES string of the molecule is CCCn1c(CCCc2ccc(OC(C)(C)C(=O)OCC)cc2)nn(Cc2ccc(Cl)c(Cl)c2)c1=O. The van der Waals surface area contributed by atoms with E-state index in [2.05, 4.69) is 5.10 Å². The van der Waals surface area contributed by atoms with Crippen molar-refractivity contribution in [1.82, 2.24) is 14.3 Å². The van der Waals surface area contributed by atoms with Gasteiger partial charge in [-0.25, -0.2) is 14.3 Å². The molecule has 0 unspecified atom stereocenters. The van der Waals surface area contributed by atoms with Crippen molar-refractivity contribution in [2.24, 2.45) is 0 Å². The van der Waals surface area contributed by atoms with Crippen molar-refractivity contribution < 1.29 is 14.3 Å². The monoisotopic (exact) mass is 533 g/mol. The summed E-state index contributed by atoms with van der Waals surface area (Å²) >= 11 is 12.1. The molecule has 0 saturated carbocycles. The maximum Gasteiger partial charge on any atom is 0.349 e. The van der Waals surface area contributed by atoms with Crippen molar-refractivity contribution in [3.63, 3.8) is 0 Å². The van der Waals surface area contributed by atoms with Gasteiger partial charge in [0.05, 0.1) is 23.2 Å². The van der Waals surface area contributed by atoms with E-state index in [0.717, 1.165) is 36.2 Å². The van der Waals surface area contributed by atoms with Crippen LogP contribution in [-0.4, -0.2) is 32.5 Å². The minimum atomic E-state index is -1.06. The second kappa shape index (κ2) is 12.5. The Hall–Kier alpha value is -2.77. The Morgan fingerprint density at radius 2 is 1.69 bits per heavy atom. The van der Waals surface area contributed by atoms with Crippen LogP contribution in [0.15, 0.2) is 47.3 Å². The van der Waals surface area contributed by atoms with Crippen LogP contribution in [-0.2, 0) is 35.5 Å². The Bertz CT molecular complexity index is 1230. The highest BCUT2D eigenvalue weighted by Crippen LogP contribution is 2.23. The summed E-state index contributed by atoms with van der Waals surface area (Å²) in [7, 11) is 0. The summed E-state index contributed by atoms with van der Waals surface area (Å²) < 4.78 is 14.1. The predicted octanol–water partition coefficient (Wildman–Crippen LogP) is 5.71. The Morgan fingerprint density at radius 1 is 1.00 bits per heavy atom. The van der Waals surface area contributed by atoms with Crippen LogP contribution in [0.4, 0.5) is 0 Å². The maximum absolute atomic E-state index is 13.0. The summed E-state index contributed by atoms with van der Waals surface area (Å²) in [5, 5.41) is 5.55. The standard InChI is InChI=1S/C27H33Cl2N3O4/c1-5-16-31-24(30-32(26(31)34)18-20-12-15-22(28)23(29)17-20)9-7-8-19-10-13-21(14-11-19)36-27(3,4)25(33)35-6-2/h10-15,17H,5-9,16,18H2,1-4H3. The van der Waals surface area contributed by atoms with Gasteiger partial charge in [-0.1, -0.05) is 48.3 Å². The number of halogens is 2. The van der Waals surface area contributed by atoms with Gasteiger partial charge in [0.2, 0.25) is 0 Å². The number of carbonyl (C=O) groups is 1. The highest BCUT2D eigenvalue weighted by molar-refractivity contribution is 6.42. The van der Waals surface area contributed by atoms with Crippen LogP contribution < -0.4 is 10.4 Å². The van der Waals surface area contributed by atoms with E-state index < -0.39 is 11.6 Å². The fourth-order valence-corrected chi connectivity index (χ4v) is 4.17. The quantitative estimate of drug-likeness (QED) is 0.279. The molecule has 194 valence electrons. The predicted molar refractivity (Wildman–Crippen MR) is 142 cm³/mol. The molecular weight excluding hydrogens is 501 g/mol. The fourth-order valence-electron chi connectivity index (χ4n) is 3.85. The fraction of sp³-hybridized carbons (Fsp3) is 0.444. The summed E-state index contributed by atoms with van der Waals surface area (Å²) in [5.41, 5.74) is 0.823. The Kier molecular flexibility index (Phi) is 9.63. The average molecular weight is 534 g/mol. The third-order valence-electron chi connectivity index (χ3n) is 5.69. The molecule has 0 radical (unpaired) electrons. The minimum Gasteiger partial charge on any atom is -0.476 e. The van der Waals surface area contributed by atoms with E-state index in [1.165, 1.54) is 4.68 Å². The normalized spacial score (nSPS) is 11.5. The Balaban J connectivity index is 1.63. The summed E-state index contributed by atoms with van der Waals surface area (Å²) in [6, 6.07) is 13.0. The molecule has 0 spiro atoms. The zero-order chi connectivity index (χ0) is 26.3. The van der Waals surface area contributed by atoms with Gasteiger partial charge in [0.25, 0.3) is 0 Å². The molecule has 2 aromatic carbocycles. The number of benzene rings is 2. The molecule has 7 nitrogen and oxygen atoms in total. The van der Waals surface area contributed by atoms with E-state index in [1.807, 2.05) is 37.3 Å². The first-order valence-electron chi connectivity index (χ1n) is 12.2. The average Bonchev–Trinajstić information content (AvgIpc) is 3.12. The van der Waals surface area contributed by atoms with Gasteiger partial charge in [-0.05, 0) is 75.4 Å². The van der Waals surface area contributed by atoms with E-state index in [-0.39, 0.29) is 5.69 Å². The topological polar surface area (TPSA) is 75.3 Å². The lowest BCUT2D eigenvalue weighted by molar-refractivity contribution is -0.158. The molecule has 0 bridgehead atoms.